The molecule has 1 aromatic carbocycles. The third-order valence-corrected chi connectivity index (χ3v) is 4.78. The fourth-order valence-corrected chi connectivity index (χ4v) is 2.95. The highest BCUT2D eigenvalue weighted by atomic mass is 19.1. The van der Waals surface area contributed by atoms with Crippen LogP contribution in [-0.4, -0.2) is 22.7 Å². The van der Waals surface area contributed by atoms with Crippen molar-refractivity contribution < 1.29 is 9.13 Å². The van der Waals surface area contributed by atoms with Crippen LogP contribution in [0.3, 0.4) is 0 Å². The van der Waals surface area contributed by atoms with Gasteiger partial charge in [0.2, 0.25) is 0 Å². The lowest BCUT2D eigenvalue weighted by molar-refractivity contribution is 0.231. The van der Waals surface area contributed by atoms with Crippen LogP contribution in [0.1, 0.15) is 70.8 Å². The summed E-state index contributed by atoms with van der Waals surface area (Å²) in [5.41, 5.74) is 2.16. The van der Waals surface area contributed by atoms with E-state index in [2.05, 4.69) is 16.9 Å². The molecule has 0 aliphatic rings. The molecule has 2 rings (SSSR count). The first-order valence-corrected chi connectivity index (χ1v) is 10.4. The van der Waals surface area contributed by atoms with Gasteiger partial charge in [0.25, 0.3) is 0 Å². The van der Waals surface area contributed by atoms with Crippen LogP contribution in [0.5, 0.6) is 5.75 Å². The van der Waals surface area contributed by atoms with Crippen molar-refractivity contribution in [1.29, 1.82) is 0 Å². The summed E-state index contributed by atoms with van der Waals surface area (Å²) in [6.45, 7) is 4.49. The molecule has 148 valence electrons. The molecule has 27 heavy (non-hydrogen) atoms. The largest absolute Gasteiger partial charge is 0.493 e. The van der Waals surface area contributed by atoms with E-state index in [1.807, 2.05) is 43.6 Å². The molecule has 3 nitrogen and oxygen atoms in total. The third kappa shape index (κ3) is 8.06. The predicted molar refractivity (Wildman–Crippen MR) is 110 cm³/mol. The van der Waals surface area contributed by atoms with Crippen molar-refractivity contribution in [2.45, 2.75) is 77.8 Å². The minimum Gasteiger partial charge on any atom is -0.493 e. The van der Waals surface area contributed by atoms with Crippen molar-refractivity contribution in [1.82, 2.24) is 9.97 Å². The van der Waals surface area contributed by atoms with Crippen LogP contribution in [-0.2, 0) is 6.42 Å². The van der Waals surface area contributed by atoms with Crippen molar-refractivity contribution in [3.8, 4) is 17.1 Å². The molecule has 0 bridgehead atoms. The van der Waals surface area contributed by atoms with Gasteiger partial charge in [0.15, 0.2) is 5.82 Å². The van der Waals surface area contributed by atoms with Gasteiger partial charge in [-0.15, -0.1) is 0 Å². The lowest BCUT2D eigenvalue weighted by Gasteiger charge is -2.09. The number of hydrogen-bond acceptors (Lipinski definition) is 3. The van der Waals surface area contributed by atoms with E-state index in [-0.39, 0.29) is 0 Å². The van der Waals surface area contributed by atoms with Gasteiger partial charge in [-0.3, -0.25) is 0 Å². The fourth-order valence-electron chi connectivity index (χ4n) is 2.95. The quantitative estimate of drug-likeness (QED) is 0.373. The highest BCUT2D eigenvalue weighted by Gasteiger charge is 2.05. The van der Waals surface area contributed by atoms with Crippen LogP contribution in [0.2, 0.25) is 0 Å². The van der Waals surface area contributed by atoms with Gasteiger partial charge >= 0.3 is 0 Å². The van der Waals surface area contributed by atoms with Gasteiger partial charge in [-0.25, -0.2) is 14.4 Å². The number of aromatic nitrogens is 2. The molecule has 0 saturated carbocycles. The fraction of sp³-hybridized carbons (Fsp3) is 0.565. The maximum absolute atomic E-state index is 13.2. The van der Waals surface area contributed by atoms with E-state index >= 15 is 0 Å². The molecule has 0 aliphatic heterocycles. The molecule has 0 spiro atoms. The first-order valence-electron chi connectivity index (χ1n) is 10.4. The van der Waals surface area contributed by atoms with Crippen LogP contribution in [0.4, 0.5) is 4.39 Å². The Morgan fingerprint density at radius 2 is 1.59 bits per heavy atom. The monoisotopic (exact) mass is 372 g/mol. The van der Waals surface area contributed by atoms with E-state index in [0.29, 0.717) is 19.4 Å². The van der Waals surface area contributed by atoms with Crippen molar-refractivity contribution in [3.63, 3.8) is 0 Å². The number of alkyl halides is 1. The van der Waals surface area contributed by atoms with Crippen molar-refractivity contribution in [2.24, 2.45) is 0 Å². The van der Waals surface area contributed by atoms with Gasteiger partial charge in [-0.1, -0.05) is 46.0 Å². The molecule has 4 heteroatoms. The molecule has 0 N–H and O–H groups in total. The minimum absolute atomic E-state index is 0.401. The first-order chi connectivity index (χ1) is 13.2. The topological polar surface area (TPSA) is 35.0 Å². The number of aryl methyl sites for hydroxylation is 1. The third-order valence-electron chi connectivity index (χ3n) is 4.78. The number of rotatable bonds is 13. The SMILES string of the molecule is CCCCCCCCc1cnc(-c2ccc(OCCC(F)CC)cc2)nc1. The number of halogens is 1. The van der Waals surface area contributed by atoms with Gasteiger partial charge in [0.05, 0.1) is 6.61 Å². The minimum atomic E-state index is -0.785. The molecule has 0 saturated heterocycles. The first kappa shape index (κ1) is 21.3. The van der Waals surface area contributed by atoms with E-state index in [1.54, 1.807) is 0 Å². The number of ether oxygens (including phenoxy) is 1. The zero-order valence-electron chi connectivity index (χ0n) is 16.8. The van der Waals surface area contributed by atoms with E-state index in [0.717, 1.165) is 23.6 Å². The second-order valence-electron chi connectivity index (χ2n) is 7.10. The van der Waals surface area contributed by atoms with Crippen molar-refractivity contribution >= 4 is 0 Å². The zero-order chi connectivity index (χ0) is 19.3. The highest BCUT2D eigenvalue weighted by molar-refractivity contribution is 5.55. The molecular weight excluding hydrogens is 339 g/mol. The molecule has 1 unspecified atom stereocenters. The van der Waals surface area contributed by atoms with Gasteiger partial charge in [-0.2, -0.15) is 0 Å². The number of nitrogens with zero attached hydrogens (tertiary/aromatic N) is 2. The Morgan fingerprint density at radius 1 is 0.926 bits per heavy atom. The maximum Gasteiger partial charge on any atom is 0.159 e. The Kier molecular flexibility index (Phi) is 9.81. The van der Waals surface area contributed by atoms with Crippen LogP contribution in [0.25, 0.3) is 11.4 Å². The standard InChI is InChI=1S/C23H33FN2O/c1-3-5-6-7-8-9-10-19-17-25-23(26-18-19)20-11-13-22(14-12-20)27-16-15-21(24)4-2/h11-14,17-18,21H,3-10,15-16H2,1-2H3. The Bertz CT molecular complexity index is 628. The van der Waals surface area contributed by atoms with Crippen molar-refractivity contribution in [3.05, 3.63) is 42.2 Å². The van der Waals surface area contributed by atoms with Crippen molar-refractivity contribution in [2.75, 3.05) is 6.61 Å². The summed E-state index contributed by atoms with van der Waals surface area (Å²) in [4.78, 5) is 9.00. The van der Waals surface area contributed by atoms with Crippen LogP contribution < -0.4 is 4.74 Å². The van der Waals surface area contributed by atoms with Crippen LogP contribution in [0.15, 0.2) is 36.7 Å². The molecule has 1 heterocycles. The summed E-state index contributed by atoms with van der Waals surface area (Å²) in [6, 6.07) is 7.68. The molecule has 0 aliphatic carbocycles. The summed E-state index contributed by atoms with van der Waals surface area (Å²) in [7, 11) is 0. The average molecular weight is 373 g/mol. The highest BCUT2D eigenvalue weighted by Crippen LogP contribution is 2.20. The summed E-state index contributed by atoms with van der Waals surface area (Å²) >= 11 is 0. The Hall–Kier alpha value is -1.97. The molecule has 1 atom stereocenters. The Labute approximate surface area is 163 Å². The van der Waals surface area contributed by atoms with Gasteiger partial charge in [-0.05, 0) is 49.1 Å². The summed E-state index contributed by atoms with van der Waals surface area (Å²) in [6.07, 6.45) is 12.9. The lowest BCUT2D eigenvalue weighted by atomic mass is 10.1. The Balaban J connectivity index is 1.77. The van der Waals surface area contributed by atoms with Gasteiger partial charge in [0, 0.05) is 24.4 Å². The number of hydrogen-bond donors (Lipinski definition) is 0. The zero-order valence-corrected chi connectivity index (χ0v) is 16.8. The van der Waals surface area contributed by atoms with E-state index < -0.39 is 6.17 Å². The van der Waals surface area contributed by atoms with Crippen LogP contribution in [0, 0.1) is 0 Å². The molecule has 0 amide bonds. The summed E-state index contributed by atoms with van der Waals surface area (Å²) < 4.78 is 18.8. The second kappa shape index (κ2) is 12.4. The molecule has 0 radical (unpaired) electrons. The normalized spacial score (nSPS) is 12.1. The smallest absolute Gasteiger partial charge is 0.159 e. The molecule has 0 fully saturated rings. The molecule has 1 aromatic heterocycles. The summed E-state index contributed by atoms with van der Waals surface area (Å²) in [5, 5.41) is 0. The van der Waals surface area contributed by atoms with E-state index in [9.17, 15) is 4.39 Å². The Morgan fingerprint density at radius 3 is 2.26 bits per heavy atom. The predicted octanol–water partition coefficient (Wildman–Crippen LogP) is 6.56. The summed E-state index contributed by atoms with van der Waals surface area (Å²) in [5.74, 6) is 1.48. The lowest BCUT2D eigenvalue weighted by Crippen LogP contribution is -2.06. The number of benzene rings is 1. The van der Waals surface area contributed by atoms with E-state index in [4.69, 9.17) is 4.74 Å². The second-order valence-corrected chi connectivity index (χ2v) is 7.10. The van der Waals surface area contributed by atoms with E-state index in [1.165, 1.54) is 44.1 Å². The van der Waals surface area contributed by atoms with Crippen LogP contribution >= 0.6 is 0 Å². The maximum atomic E-state index is 13.2. The number of unbranched alkanes of at least 4 members (excludes halogenated alkanes) is 5. The molecular formula is C23H33FN2O. The average Bonchev–Trinajstić information content (AvgIpc) is 2.71. The van der Waals surface area contributed by atoms with Gasteiger partial charge < -0.3 is 4.74 Å². The molecule has 2 aromatic rings. The van der Waals surface area contributed by atoms with Gasteiger partial charge in [0.1, 0.15) is 11.9 Å².